The van der Waals surface area contributed by atoms with E-state index in [4.69, 9.17) is 5.26 Å². The zero-order valence-electron chi connectivity index (χ0n) is 8.27. The van der Waals surface area contributed by atoms with Gasteiger partial charge in [-0.25, -0.2) is 5.01 Å². The number of hydrazone groups is 1. The van der Waals surface area contributed by atoms with E-state index >= 15 is 0 Å². The Morgan fingerprint density at radius 2 is 2.07 bits per heavy atom. The van der Waals surface area contributed by atoms with Gasteiger partial charge < -0.3 is 0 Å². The van der Waals surface area contributed by atoms with Crippen LogP contribution < -0.4 is 5.01 Å². The standard InChI is InChI=1S/C11H9N3O/c1-8-6-11(15)14(13-8)10-4-2-9(7-12)3-5-10/h2-5H,6H2,1H3. The summed E-state index contributed by atoms with van der Waals surface area (Å²) in [7, 11) is 0. The minimum atomic E-state index is -0.0304. The van der Waals surface area contributed by atoms with E-state index in [1.807, 2.05) is 13.0 Å². The van der Waals surface area contributed by atoms with E-state index in [9.17, 15) is 4.79 Å². The molecule has 0 fully saturated rings. The second kappa shape index (κ2) is 3.54. The molecule has 0 saturated carbocycles. The molecular formula is C11H9N3O. The zero-order chi connectivity index (χ0) is 10.8. The Morgan fingerprint density at radius 3 is 2.53 bits per heavy atom. The van der Waals surface area contributed by atoms with E-state index in [2.05, 4.69) is 5.10 Å². The largest absolute Gasteiger partial charge is 0.272 e. The third-order valence-electron chi connectivity index (χ3n) is 2.15. The number of benzene rings is 1. The van der Waals surface area contributed by atoms with Crippen LogP contribution in [0.15, 0.2) is 29.4 Å². The van der Waals surface area contributed by atoms with E-state index in [1.165, 1.54) is 5.01 Å². The molecule has 0 spiro atoms. The molecule has 0 atom stereocenters. The Bertz CT molecular complexity index is 468. The molecule has 4 nitrogen and oxygen atoms in total. The van der Waals surface area contributed by atoms with Crippen molar-refractivity contribution in [2.45, 2.75) is 13.3 Å². The van der Waals surface area contributed by atoms with Crippen LogP contribution in [-0.2, 0) is 4.79 Å². The monoisotopic (exact) mass is 199 g/mol. The van der Waals surface area contributed by atoms with Crippen molar-refractivity contribution in [3.63, 3.8) is 0 Å². The van der Waals surface area contributed by atoms with Crippen LogP contribution in [0.25, 0.3) is 0 Å². The SMILES string of the molecule is CC1=NN(c2ccc(C#N)cc2)C(=O)C1. The molecule has 0 radical (unpaired) electrons. The first-order chi connectivity index (χ1) is 7.20. The van der Waals surface area contributed by atoms with Gasteiger partial charge in [0.25, 0.3) is 5.91 Å². The molecule has 0 unspecified atom stereocenters. The molecule has 1 aliphatic heterocycles. The lowest BCUT2D eigenvalue weighted by Gasteiger charge is -2.10. The minimum Gasteiger partial charge on any atom is -0.272 e. The highest BCUT2D eigenvalue weighted by Crippen LogP contribution is 2.20. The number of carbonyl (C=O) groups is 1. The van der Waals surface area contributed by atoms with Crippen LogP contribution in [0.3, 0.4) is 0 Å². The Balaban J connectivity index is 2.31. The first-order valence-corrected chi connectivity index (χ1v) is 4.58. The second-order valence-electron chi connectivity index (χ2n) is 3.38. The summed E-state index contributed by atoms with van der Waals surface area (Å²) in [6, 6.07) is 8.81. The number of nitriles is 1. The van der Waals surface area contributed by atoms with Crippen molar-refractivity contribution in [1.29, 1.82) is 5.26 Å². The van der Waals surface area contributed by atoms with Crippen molar-refractivity contribution in [3.8, 4) is 6.07 Å². The molecule has 1 amide bonds. The van der Waals surface area contributed by atoms with Gasteiger partial charge in [-0.2, -0.15) is 10.4 Å². The smallest absolute Gasteiger partial charge is 0.253 e. The maximum Gasteiger partial charge on any atom is 0.253 e. The molecule has 4 heteroatoms. The highest BCUT2D eigenvalue weighted by atomic mass is 16.2. The predicted octanol–water partition coefficient (Wildman–Crippen LogP) is 1.67. The molecule has 1 aliphatic rings. The second-order valence-corrected chi connectivity index (χ2v) is 3.38. The van der Waals surface area contributed by atoms with Gasteiger partial charge in [0.05, 0.1) is 23.7 Å². The van der Waals surface area contributed by atoms with Crippen molar-refractivity contribution < 1.29 is 4.79 Å². The normalized spacial score (nSPS) is 15.1. The fraction of sp³-hybridized carbons (Fsp3) is 0.182. The molecule has 1 heterocycles. The third kappa shape index (κ3) is 1.72. The average molecular weight is 199 g/mol. The van der Waals surface area contributed by atoms with Gasteiger partial charge in [-0.3, -0.25) is 4.79 Å². The van der Waals surface area contributed by atoms with Gasteiger partial charge in [0.2, 0.25) is 0 Å². The molecule has 74 valence electrons. The predicted molar refractivity (Wildman–Crippen MR) is 56.4 cm³/mol. The third-order valence-corrected chi connectivity index (χ3v) is 2.15. The molecule has 0 aliphatic carbocycles. The lowest BCUT2D eigenvalue weighted by atomic mass is 10.2. The summed E-state index contributed by atoms with van der Waals surface area (Å²) in [6.45, 7) is 1.82. The van der Waals surface area contributed by atoms with E-state index < -0.39 is 0 Å². The van der Waals surface area contributed by atoms with Crippen LogP contribution in [0, 0.1) is 11.3 Å². The summed E-state index contributed by atoms with van der Waals surface area (Å²) < 4.78 is 0. The number of amides is 1. The van der Waals surface area contributed by atoms with Gasteiger partial charge in [-0.15, -0.1) is 0 Å². The summed E-state index contributed by atoms with van der Waals surface area (Å²) in [5.74, 6) is -0.0304. The summed E-state index contributed by atoms with van der Waals surface area (Å²) in [4.78, 5) is 11.5. The van der Waals surface area contributed by atoms with Gasteiger partial charge in [0.1, 0.15) is 0 Å². The molecule has 0 saturated heterocycles. The molecule has 0 N–H and O–H groups in total. The summed E-state index contributed by atoms with van der Waals surface area (Å²) >= 11 is 0. The molecule has 0 bridgehead atoms. The Hall–Kier alpha value is -2.15. The van der Waals surface area contributed by atoms with Crippen LogP contribution >= 0.6 is 0 Å². The van der Waals surface area contributed by atoms with Gasteiger partial charge >= 0.3 is 0 Å². The zero-order valence-corrected chi connectivity index (χ0v) is 8.27. The van der Waals surface area contributed by atoms with E-state index in [0.29, 0.717) is 17.7 Å². The van der Waals surface area contributed by atoms with Crippen LogP contribution in [0.2, 0.25) is 0 Å². The number of rotatable bonds is 1. The van der Waals surface area contributed by atoms with Crippen molar-refractivity contribution in [3.05, 3.63) is 29.8 Å². The van der Waals surface area contributed by atoms with Gasteiger partial charge in [-0.05, 0) is 31.2 Å². The van der Waals surface area contributed by atoms with Crippen molar-refractivity contribution >= 4 is 17.3 Å². The summed E-state index contributed by atoms with van der Waals surface area (Å²) in [6.07, 6.45) is 0.375. The van der Waals surface area contributed by atoms with Crippen LogP contribution in [0.5, 0.6) is 0 Å². The average Bonchev–Trinajstić information content (AvgIpc) is 2.58. The Kier molecular flexibility index (Phi) is 2.22. The minimum absolute atomic E-state index is 0.0304. The topological polar surface area (TPSA) is 56.5 Å². The Labute approximate surface area is 87.4 Å². The maximum absolute atomic E-state index is 11.5. The molecule has 15 heavy (non-hydrogen) atoms. The van der Waals surface area contributed by atoms with E-state index in [-0.39, 0.29) is 5.91 Å². The van der Waals surface area contributed by atoms with Crippen molar-refractivity contribution in [2.75, 3.05) is 5.01 Å². The number of hydrogen-bond acceptors (Lipinski definition) is 3. The van der Waals surface area contributed by atoms with Crippen LogP contribution in [0.1, 0.15) is 18.9 Å². The van der Waals surface area contributed by atoms with Gasteiger partial charge in [0.15, 0.2) is 0 Å². The van der Waals surface area contributed by atoms with E-state index in [0.717, 1.165) is 5.71 Å². The summed E-state index contributed by atoms with van der Waals surface area (Å²) in [5, 5.41) is 14.1. The fourth-order valence-corrected chi connectivity index (χ4v) is 1.43. The molecular weight excluding hydrogens is 190 g/mol. The highest BCUT2D eigenvalue weighted by Gasteiger charge is 2.22. The first kappa shape index (κ1) is 9.41. The van der Waals surface area contributed by atoms with Crippen molar-refractivity contribution in [2.24, 2.45) is 5.10 Å². The van der Waals surface area contributed by atoms with Crippen LogP contribution in [-0.4, -0.2) is 11.6 Å². The number of hydrogen-bond donors (Lipinski definition) is 0. The lowest BCUT2D eigenvalue weighted by Crippen LogP contribution is -2.19. The van der Waals surface area contributed by atoms with Crippen molar-refractivity contribution in [1.82, 2.24) is 0 Å². The number of anilines is 1. The lowest BCUT2D eigenvalue weighted by molar-refractivity contribution is -0.116. The molecule has 1 aromatic carbocycles. The summed E-state index contributed by atoms with van der Waals surface area (Å²) in [5.41, 5.74) is 2.09. The van der Waals surface area contributed by atoms with Crippen LogP contribution in [0.4, 0.5) is 5.69 Å². The molecule has 0 aromatic heterocycles. The fourth-order valence-electron chi connectivity index (χ4n) is 1.43. The van der Waals surface area contributed by atoms with Gasteiger partial charge in [0, 0.05) is 5.71 Å². The number of carbonyl (C=O) groups excluding carboxylic acids is 1. The molecule has 2 rings (SSSR count). The Morgan fingerprint density at radius 1 is 1.40 bits per heavy atom. The van der Waals surface area contributed by atoms with E-state index in [1.54, 1.807) is 24.3 Å². The maximum atomic E-state index is 11.5. The number of nitrogens with zero attached hydrogens (tertiary/aromatic N) is 3. The quantitative estimate of drug-likeness (QED) is 0.690. The molecule has 1 aromatic rings. The first-order valence-electron chi connectivity index (χ1n) is 4.58. The van der Waals surface area contributed by atoms with Gasteiger partial charge in [-0.1, -0.05) is 0 Å². The highest BCUT2D eigenvalue weighted by molar-refractivity contribution is 6.12.